The number of nitrogens with zero attached hydrogens (tertiary/aromatic N) is 3. The number of nitro groups is 1. The second-order valence-corrected chi connectivity index (χ2v) is 2.49. The summed E-state index contributed by atoms with van der Waals surface area (Å²) in [5.74, 6) is -0.899. The Bertz CT molecular complexity index is 371. The summed E-state index contributed by atoms with van der Waals surface area (Å²) in [6, 6.07) is 1.08. The molecular weight excluding hydrogens is 190 g/mol. The van der Waals surface area contributed by atoms with Gasteiger partial charge in [-0.15, -0.1) is 4.68 Å². The van der Waals surface area contributed by atoms with Crippen LogP contribution in [0.25, 0.3) is 0 Å². The molecule has 7 heteroatoms. The van der Waals surface area contributed by atoms with E-state index in [2.05, 4.69) is 9.84 Å². The molecule has 1 rings (SSSR count). The zero-order valence-electron chi connectivity index (χ0n) is 7.76. The van der Waals surface area contributed by atoms with Crippen molar-refractivity contribution in [3.05, 3.63) is 21.9 Å². The van der Waals surface area contributed by atoms with Gasteiger partial charge in [-0.05, 0) is 11.8 Å². The van der Waals surface area contributed by atoms with Gasteiger partial charge in [0.15, 0.2) is 5.69 Å². The van der Waals surface area contributed by atoms with Crippen LogP contribution in [0.15, 0.2) is 6.07 Å². The van der Waals surface area contributed by atoms with Crippen LogP contribution < -0.4 is 0 Å². The van der Waals surface area contributed by atoms with Crippen molar-refractivity contribution in [1.82, 2.24) is 9.78 Å². The third-order valence-corrected chi connectivity index (χ3v) is 1.53. The Balaban J connectivity index is 2.96. The second-order valence-electron chi connectivity index (χ2n) is 2.49. The summed E-state index contributed by atoms with van der Waals surface area (Å²) in [5.41, 5.74) is -0.0546. The molecule has 0 saturated heterocycles. The molecule has 0 radical (unpaired) electrons. The van der Waals surface area contributed by atoms with Gasteiger partial charge in [0.25, 0.3) is 0 Å². The highest BCUT2D eigenvalue weighted by molar-refractivity contribution is 5.87. The fourth-order valence-corrected chi connectivity index (χ4v) is 0.933. The quantitative estimate of drug-likeness (QED) is 0.402. The second kappa shape index (κ2) is 3.86. The van der Waals surface area contributed by atoms with Gasteiger partial charge in [0.1, 0.15) is 7.05 Å². The Labute approximate surface area is 79.4 Å². The van der Waals surface area contributed by atoms with Crippen LogP contribution in [0.3, 0.4) is 0 Å². The van der Waals surface area contributed by atoms with Gasteiger partial charge >= 0.3 is 11.8 Å². The molecular formula is C7H9N3O4. The molecule has 0 bridgehead atoms. The number of rotatable bonds is 3. The first-order valence-corrected chi connectivity index (χ1v) is 3.91. The van der Waals surface area contributed by atoms with E-state index >= 15 is 0 Å². The van der Waals surface area contributed by atoms with Gasteiger partial charge in [0.05, 0.1) is 12.7 Å². The fourth-order valence-electron chi connectivity index (χ4n) is 0.933. The van der Waals surface area contributed by atoms with Crippen LogP contribution in [0.2, 0.25) is 0 Å². The highest BCUT2D eigenvalue weighted by atomic mass is 16.6. The summed E-state index contributed by atoms with van der Waals surface area (Å²) < 4.78 is 5.66. The molecule has 0 aromatic carbocycles. The van der Waals surface area contributed by atoms with E-state index < -0.39 is 10.9 Å². The lowest BCUT2D eigenvalue weighted by atomic mass is 10.4. The highest BCUT2D eigenvalue weighted by Crippen LogP contribution is 2.12. The molecule has 0 fully saturated rings. The van der Waals surface area contributed by atoms with Crippen molar-refractivity contribution >= 4 is 11.8 Å². The lowest BCUT2D eigenvalue weighted by molar-refractivity contribution is -0.392. The minimum Gasteiger partial charge on any atom is -0.461 e. The van der Waals surface area contributed by atoms with Crippen LogP contribution in [0, 0.1) is 10.1 Å². The van der Waals surface area contributed by atoms with Crippen molar-refractivity contribution in [3.8, 4) is 0 Å². The lowest BCUT2D eigenvalue weighted by Crippen LogP contribution is -2.06. The molecule has 1 aromatic heterocycles. The summed E-state index contributed by atoms with van der Waals surface area (Å²) >= 11 is 0. The number of ether oxygens (including phenoxy) is 1. The number of carbonyl (C=O) groups excluding carboxylic acids is 1. The van der Waals surface area contributed by atoms with Gasteiger partial charge in [0, 0.05) is 0 Å². The topological polar surface area (TPSA) is 87.3 Å². The van der Waals surface area contributed by atoms with Gasteiger partial charge in [-0.25, -0.2) is 4.79 Å². The standard InChI is InChI=1S/C7H9N3O4/c1-3-14-7(11)5-4-6(10(12)13)9(2)8-5/h4H,3H2,1-2H3. The maximum atomic E-state index is 11.1. The first-order chi connectivity index (χ1) is 6.56. The number of aromatic nitrogens is 2. The zero-order valence-corrected chi connectivity index (χ0v) is 7.76. The van der Waals surface area contributed by atoms with E-state index in [0.717, 1.165) is 10.7 Å². The maximum Gasteiger partial charge on any atom is 0.361 e. The van der Waals surface area contributed by atoms with Crippen LogP contribution in [-0.4, -0.2) is 27.3 Å². The summed E-state index contributed by atoms with van der Waals surface area (Å²) in [6.07, 6.45) is 0. The minimum absolute atomic E-state index is 0.0546. The average Bonchev–Trinajstić information content (AvgIpc) is 2.48. The minimum atomic E-state index is -0.656. The van der Waals surface area contributed by atoms with Crippen molar-refractivity contribution in [2.75, 3.05) is 6.61 Å². The normalized spacial score (nSPS) is 9.86. The third-order valence-electron chi connectivity index (χ3n) is 1.53. The smallest absolute Gasteiger partial charge is 0.361 e. The van der Waals surface area contributed by atoms with Crippen LogP contribution in [0.1, 0.15) is 17.4 Å². The molecule has 0 atom stereocenters. The molecule has 1 aromatic rings. The van der Waals surface area contributed by atoms with Crippen molar-refractivity contribution < 1.29 is 14.5 Å². The first-order valence-electron chi connectivity index (χ1n) is 3.91. The molecule has 0 N–H and O–H groups in total. The van der Waals surface area contributed by atoms with E-state index in [1.807, 2.05) is 0 Å². The van der Waals surface area contributed by atoms with Crippen LogP contribution in [0.5, 0.6) is 0 Å². The van der Waals surface area contributed by atoms with Crippen molar-refractivity contribution in [2.45, 2.75) is 6.92 Å². The molecule has 0 saturated carbocycles. The maximum absolute atomic E-state index is 11.1. The molecule has 76 valence electrons. The van der Waals surface area contributed by atoms with E-state index in [4.69, 9.17) is 0 Å². The van der Waals surface area contributed by atoms with Crippen molar-refractivity contribution in [2.24, 2.45) is 7.05 Å². The Morgan fingerprint density at radius 1 is 1.79 bits per heavy atom. The Hall–Kier alpha value is -1.92. The van der Waals surface area contributed by atoms with Gasteiger partial charge in [0.2, 0.25) is 0 Å². The van der Waals surface area contributed by atoms with E-state index in [1.54, 1.807) is 6.92 Å². The van der Waals surface area contributed by atoms with E-state index in [9.17, 15) is 14.9 Å². The molecule has 0 spiro atoms. The predicted octanol–water partition coefficient (Wildman–Crippen LogP) is 0.505. The van der Waals surface area contributed by atoms with Gasteiger partial charge in [-0.3, -0.25) is 0 Å². The number of hydrogen-bond donors (Lipinski definition) is 0. The largest absolute Gasteiger partial charge is 0.461 e. The Morgan fingerprint density at radius 3 is 2.86 bits per heavy atom. The monoisotopic (exact) mass is 199 g/mol. The molecule has 0 aliphatic heterocycles. The predicted molar refractivity (Wildman–Crippen MR) is 45.8 cm³/mol. The molecule has 0 aliphatic rings. The average molecular weight is 199 g/mol. The lowest BCUT2D eigenvalue weighted by Gasteiger charge is -1.94. The van der Waals surface area contributed by atoms with E-state index in [0.29, 0.717) is 0 Å². The van der Waals surface area contributed by atoms with Gasteiger partial charge in [-0.1, -0.05) is 5.10 Å². The summed E-state index contributed by atoms with van der Waals surface area (Å²) in [4.78, 5) is 20.9. The van der Waals surface area contributed by atoms with Crippen molar-refractivity contribution in [1.29, 1.82) is 0 Å². The highest BCUT2D eigenvalue weighted by Gasteiger charge is 2.20. The van der Waals surface area contributed by atoms with Crippen molar-refractivity contribution in [3.63, 3.8) is 0 Å². The Kier molecular flexibility index (Phi) is 2.80. The van der Waals surface area contributed by atoms with Crippen LogP contribution >= 0.6 is 0 Å². The number of esters is 1. The summed E-state index contributed by atoms with van der Waals surface area (Å²) in [7, 11) is 1.39. The van der Waals surface area contributed by atoms with E-state index in [1.165, 1.54) is 7.05 Å². The SMILES string of the molecule is CCOC(=O)c1cc([N+](=O)[O-])n(C)n1. The van der Waals surface area contributed by atoms with Gasteiger partial charge < -0.3 is 14.9 Å². The fraction of sp³-hybridized carbons (Fsp3) is 0.429. The number of aryl methyl sites for hydroxylation is 1. The number of hydrogen-bond acceptors (Lipinski definition) is 5. The molecule has 7 nitrogen and oxygen atoms in total. The number of carbonyl (C=O) groups is 1. The Morgan fingerprint density at radius 2 is 2.43 bits per heavy atom. The van der Waals surface area contributed by atoms with Gasteiger partial charge in [-0.2, -0.15) is 0 Å². The molecule has 14 heavy (non-hydrogen) atoms. The first kappa shape index (κ1) is 10.2. The molecule has 0 aliphatic carbocycles. The molecule has 0 amide bonds. The van der Waals surface area contributed by atoms with Crippen LogP contribution in [-0.2, 0) is 11.8 Å². The molecule has 0 unspecified atom stereocenters. The van der Waals surface area contributed by atoms with E-state index in [-0.39, 0.29) is 18.1 Å². The molecule has 1 heterocycles. The summed E-state index contributed by atoms with van der Waals surface area (Å²) in [6.45, 7) is 1.86. The third kappa shape index (κ3) is 1.87. The summed E-state index contributed by atoms with van der Waals surface area (Å²) in [5, 5.41) is 14.1. The van der Waals surface area contributed by atoms with Crippen LogP contribution in [0.4, 0.5) is 5.82 Å². The zero-order chi connectivity index (χ0) is 10.7.